The van der Waals surface area contributed by atoms with Crippen LogP contribution in [-0.4, -0.2) is 28.6 Å². The number of hydrogen-bond acceptors (Lipinski definition) is 2. The van der Waals surface area contributed by atoms with E-state index in [1.54, 1.807) is 0 Å². The normalized spacial score (nSPS) is 36.6. The quantitative estimate of drug-likeness (QED) is 0.822. The highest BCUT2D eigenvalue weighted by molar-refractivity contribution is 5.35. The van der Waals surface area contributed by atoms with Crippen LogP contribution in [0.5, 0.6) is 0 Å². The van der Waals surface area contributed by atoms with Gasteiger partial charge in [-0.3, -0.25) is 4.90 Å². The Morgan fingerprint density at radius 3 is 2.56 bits per heavy atom. The second kappa shape index (κ2) is 4.67. The van der Waals surface area contributed by atoms with E-state index in [9.17, 15) is 5.11 Å². The van der Waals surface area contributed by atoms with E-state index in [0.717, 1.165) is 18.5 Å². The van der Waals surface area contributed by atoms with Crippen LogP contribution in [-0.2, 0) is 0 Å². The van der Waals surface area contributed by atoms with E-state index < -0.39 is 0 Å². The predicted octanol–water partition coefficient (Wildman–Crippen LogP) is 3.08. The summed E-state index contributed by atoms with van der Waals surface area (Å²) in [5, 5.41) is 10.7. The van der Waals surface area contributed by atoms with Crippen LogP contribution in [0.15, 0.2) is 24.3 Å². The maximum atomic E-state index is 10.7. The van der Waals surface area contributed by atoms with Gasteiger partial charge in [0.25, 0.3) is 0 Å². The van der Waals surface area contributed by atoms with Crippen LogP contribution in [0.3, 0.4) is 0 Å². The van der Waals surface area contributed by atoms with Crippen molar-refractivity contribution >= 4 is 0 Å². The topological polar surface area (TPSA) is 23.5 Å². The molecule has 3 rings (SSSR count). The number of aliphatic hydroxyl groups is 1. The molecule has 2 heteroatoms. The Morgan fingerprint density at radius 2 is 1.89 bits per heavy atom. The van der Waals surface area contributed by atoms with Crippen molar-refractivity contribution in [1.82, 2.24) is 4.90 Å². The van der Waals surface area contributed by atoms with E-state index in [4.69, 9.17) is 0 Å². The molecular weight excluding hydrogens is 222 g/mol. The first-order valence-corrected chi connectivity index (χ1v) is 7.21. The molecule has 0 spiro atoms. The highest BCUT2D eigenvalue weighted by Crippen LogP contribution is 2.41. The summed E-state index contributed by atoms with van der Waals surface area (Å²) in [6.45, 7) is 5.74. The van der Waals surface area contributed by atoms with Crippen LogP contribution in [0.1, 0.15) is 56.3 Å². The average Bonchev–Trinajstić information content (AvgIpc) is 2.80. The fourth-order valence-corrected chi connectivity index (χ4v) is 3.82. The van der Waals surface area contributed by atoms with Crippen LogP contribution in [0.4, 0.5) is 0 Å². The van der Waals surface area contributed by atoms with Crippen LogP contribution >= 0.6 is 0 Å². The molecule has 2 nitrogen and oxygen atoms in total. The molecule has 0 bridgehead atoms. The van der Waals surface area contributed by atoms with Crippen molar-refractivity contribution in [1.29, 1.82) is 0 Å². The smallest absolute Gasteiger partial charge is 0.0948 e. The zero-order valence-corrected chi connectivity index (χ0v) is 11.3. The van der Waals surface area contributed by atoms with Gasteiger partial charge in [0.1, 0.15) is 0 Å². The molecule has 0 saturated carbocycles. The molecule has 4 unspecified atom stereocenters. The molecule has 1 aliphatic heterocycles. The Kier molecular flexibility index (Phi) is 3.16. The fraction of sp³-hybridized carbons (Fsp3) is 0.625. The molecule has 0 amide bonds. The van der Waals surface area contributed by atoms with Crippen LogP contribution in [0, 0.1) is 0 Å². The summed E-state index contributed by atoms with van der Waals surface area (Å²) >= 11 is 0. The Hall–Kier alpha value is -0.860. The van der Waals surface area contributed by atoms with E-state index in [0.29, 0.717) is 18.0 Å². The lowest BCUT2D eigenvalue weighted by molar-refractivity contribution is 0.0276. The summed E-state index contributed by atoms with van der Waals surface area (Å²) < 4.78 is 0. The molecule has 1 N–H and O–H groups in total. The Labute approximate surface area is 110 Å². The van der Waals surface area contributed by atoms with Crippen LogP contribution in [0.2, 0.25) is 0 Å². The first-order chi connectivity index (χ1) is 8.68. The molecule has 4 atom stereocenters. The highest BCUT2D eigenvalue weighted by Gasteiger charge is 2.38. The van der Waals surface area contributed by atoms with Crippen molar-refractivity contribution in [3.8, 4) is 0 Å². The first kappa shape index (κ1) is 12.2. The van der Waals surface area contributed by atoms with Gasteiger partial charge >= 0.3 is 0 Å². The van der Waals surface area contributed by atoms with E-state index in [2.05, 4.69) is 36.9 Å². The molecule has 1 aromatic carbocycles. The van der Waals surface area contributed by atoms with Crippen molar-refractivity contribution in [2.75, 3.05) is 6.54 Å². The molecule has 1 aliphatic carbocycles. The Morgan fingerprint density at radius 1 is 1.17 bits per heavy atom. The number of aliphatic hydroxyl groups excluding tert-OH is 1. The minimum atomic E-state index is -0.307. The minimum absolute atomic E-state index is 0.307. The summed E-state index contributed by atoms with van der Waals surface area (Å²) in [5.74, 6) is 0.558. The third-order valence-corrected chi connectivity index (χ3v) is 4.84. The van der Waals surface area contributed by atoms with Crippen molar-refractivity contribution < 1.29 is 5.11 Å². The zero-order chi connectivity index (χ0) is 12.7. The van der Waals surface area contributed by atoms with Crippen LogP contribution in [0.25, 0.3) is 0 Å². The third kappa shape index (κ3) is 1.88. The van der Waals surface area contributed by atoms with E-state index in [1.165, 1.54) is 18.4 Å². The lowest BCUT2D eigenvalue weighted by atomic mass is 9.78. The van der Waals surface area contributed by atoms with Gasteiger partial charge in [0.15, 0.2) is 0 Å². The number of benzene rings is 1. The SMILES string of the molecule is CC1CC(N2CCCC2C)C(O)c2ccccc21. The lowest BCUT2D eigenvalue weighted by Crippen LogP contribution is -2.44. The Balaban J connectivity index is 1.92. The summed E-state index contributed by atoms with van der Waals surface area (Å²) in [6, 6.07) is 9.34. The van der Waals surface area contributed by atoms with Gasteiger partial charge in [0, 0.05) is 12.1 Å². The molecule has 0 radical (unpaired) electrons. The van der Waals surface area contributed by atoms with Crippen molar-refractivity contribution in [3.63, 3.8) is 0 Å². The maximum Gasteiger partial charge on any atom is 0.0948 e. The molecule has 2 aliphatic rings. The summed E-state index contributed by atoms with van der Waals surface area (Å²) in [6.07, 6.45) is 3.33. The van der Waals surface area contributed by atoms with E-state index >= 15 is 0 Å². The highest BCUT2D eigenvalue weighted by atomic mass is 16.3. The molecule has 98 valence electrons. The van der Waals surface area contributed by atoms with Gasteiger partial charge in [-0.1, -0.05) is 31.2 Å². The molecule has 0 aromatic heterocycles. The molecular formula is C16H23NO. The predicted molar refractivity (Wildman–Crippen MR) is 73.6 cm³/mol. The standard InChI is InChI=1S/C16H23NO/c1-11-10-15(17-9-5-6-12(17)2)16(18)14-8-4-3-7-13(11)14/h3-4,7-8,11-12,15-16,18H,5-6,9-10H2,1-2H3. The minimum Gasteiger partial charge on any atom is -0.387 e. The molecule has 1 heterocycles. The number of fused-ring (bicyclic) bond motifs is 1. The van der Waals surface area contributed by atoms with Gasteiger partial charge in [-0.15, -0.1) is 0 Å². The number of hydrogen-bond donors (Lipinski definition) is 1. The lowest BCUT2D eigenvalue weighted by Gasteiger charge is -2.41. The summed E-state index contributed by atoms with van der Waals surface area (Å²) in [5.41, 5.74) is 2.49. The second-order valence-electron chi connectivity index (χ2n) is 6.01. The Bertz CT molecular complexity index is 431. The molecule has 1 aromatic rings. The monoisotopic (exact) mass is 245 g/mol. The van der Waals surface area contributed by atoms with Gasteiger partial charge in [0.05, 0.1) is 6.10 Å². The number of rotatable bonds is 1. The molecule has 18 heavy (non-hydrogen) atoms. The van der Waals surface area contributed by atoms with Gasteiger partial charge in [0.2, 0.25) is 0 Å². The summed E-state index contributed by atoms with van der Waals surface area (Å²) in [4.78, 5) is 2.52. The van der Waals surface area contributed by atoms with E-state index in [1.807, 2.05) is 6.07 Å². The van der Waals surface area contributed by atoms with Gasteiger partial charge in [-0.2, -0.15) is 0 Å². The third-order valence-electron chi connectivity index (χ3n) is 4.84. The van der Waals surface area contributed by atoms with Gasteiger partial charge in [-0.05, 0) is 49.8 Å². The largest absolute Gasteiger partial charge is 0.387 e. The first-order valence-electron chi connectivity index (χ1n) is 7.21. The average molecular weight is 245 g/mol. The van der Waals surface area contributed by atoms with Crippen molar-refractivity contribution in [3.05, 3.63) is 35.4 Å². The summed E-state index contributed by atoms with van der Waals surface area (Å²) in [7, 11) is 0. The van der Waals surface area contributed by atoms with Gasteiger partial charge in [-0.25, -0.2) is 0 Å². The molecule has 1 fully saturated rings. The fourth-order valence-electron chi connectivity index (χ4n) is 3.82. The number of likely N-dealkylation sites (tertiary alicyclic amines) is 1. The van der Waals surface area contributed by atoms with Gasteiger partial charge < -0.3 is 5.11 Å². The zero-order valence-electron chi connectivity index (χ0n) is 11.3. The molecule has 1 saturated heterocycles. The number of nitrogens with zero attached hydrogens (tertiary/aromatic N) is 1. The maximum absolute atomic E-state index is 10.7. The van der Waals surface area contributed by atoms with E-state index in [-0.39, 0.29) is 6.10 Å². The second-order valence-corrected chi connectivity index (χ2v) is 6.01. The van der Waals surface area contributed by atoms with Crippen molar-refractivity contribution in [2.24, 2.45) is 0 Å². The van der Waals surface area contributed by atoms with Crippen LogP contribution < -0.4 is 0 Å². The van der Waals surface area contributed by atoms with Crippen molar-refractivity contribution in [2.45, 2.75) is 57.2 Å².